The molecular weight excluding hydrogens is 424 g/mol. The van der Waals surface area contributed by atoms with Crippen LogP contribution in [-0.4, -0.2) is 18.4 Å². The van der Waals surface area contributed by atoms with E-state index in [0.29, 0.717) is 22.8 Å². The minimum absolute atomic E-state index is 0.0992. The predicted molar refractivity (Wildman–Crippen MR) is 74.6 cm³/mol. The summed E-state index contributed by atoms with van der Waals surface area (Å²) in [6.45, 7) is 0. The van der Waals surface area contributed by atoms with Crippen molar-refractivity contribution >= 4 is 47.7 Å². The molecule has 0 saturated heterocycles. The first-order valence-corrected chi connectivity index (χ1v) is 8.02. The van der Waals surface area contributed by atoms with E-state index in [2.05, 4.69) is 46.5 Å². The summed E-state index contributed by atoms with van der Waals surface area (Å²) >= 11 is 6.08. The fourth-order valence-electron chi connectivity index (χ4n) is 1.29. The van der Waals surface area contributed by atoms with E-state index < -0.39 is 26.6 Å². The Morgan fingerprint density at radius 2 is 1.70 bits per heavy atom. The van der Waals surface area contributed by atoms with Crippen molar-refractivity contribution in [3.05, 3.63) is 45.2 Å². The first-order chi connectivity index (χ1) is 9.28. The monoisotopic (exact) mass is 427 g/mol. The second-order valence-corrected chi connectivity index (χ2v) is 6.79. The van der Waals surface area contributed by atoms with E-state index in [1.54, 1.807) is 0 Å². The third-order valence-electron chi connectivity index (χ3n) is 2.08. The number of hydrogen-bond acceptors (Lipinski definition) is 4. The van der Waals surface area contributed by atoms with Crippen molar-refractivity contribution in [3.63, 3.8) is 0 Å². The first kappa shape index (κ1) is 15.3. The minimum Gasteiger partial charge on any atom is -0.261 e. The molecule has 1 heterocycles. The van der Waals surface area contributed by atoms with Gasteiger partial charge in [0.25, 0.3) is 10.0 Å². The van der Waals surface area contributed by atoms with Gasteiger partial charge in [-0.2, -0.15) is 0 Å². The highest BCUT2D eigenvalue weighted by Gasteiger charge is 2.19. The highest BCUT2D eigenvalue weighted by molar-refractivity contribution is 9.11. The van der Waals surface area contributed by atoms with Crippen molar-refractivity contribution in [2.75, 3.05) is 4.72 Å². The van der Waals surface area contributed by atoms with Gasteiger partial charge in [0.05, 0.1) is 11.1 Å². The number of hydrogen-bond donors (Lipinski definition) is 1. The standard InChI is InChI=1S/C10H5Br2F2N3O2S/c11-8-4-15-10(9(12)16-8)17-20(18,19)7-2-5(13)1-6(14)3-7/h1-4H,(H,15,17). The quantitative estimate of drug-likeness (QED) is 0.815. The van der Waals surface area contributed by atoms with Crippen LogP contribution in [0, 0.1) is 11.6 Å². The van der Waals surface area contributed by atoms with Crippen molar-refractivity contribution in [2.24, 2.45) is 0 Å². The summed E-state index contributed by atoms with van der Waals surface area (Å²) in [6.07, 6.45) is 1.27. The molecule has 5 nitrogen and oxygen atoms in total. The molecule has 106 valence electrons. The summed E-state index contributed by atoms with van der Waals surface area (Å²) < 4.78 is 52.7. The van der Waals surface area contributed by atoms with Gasteiger partial charge in [0.1, 0.15) is 16.2 Å². The fourth-order valence-corrected chi connectivity index (χ4v) is 3.38. The molecule has 0 unspecified atom stereocenters. The van der Waals surface area contributed by atoms with Crippen LogP contribution in [0.15, 0.2) is 38.5 Å². The molecule has 0 atom stereocenters. The van der Waals surface area contributed by atoms with Gasteiger partial charge in [-0.25, -0.2) is 27.2 Å². The molecule has 0 aliphatic heterocycles. The molecule has 0 spiro atoms. The SMILES string of the molecule is O=S(=O)(Nc1ncc(Br)nc1Br)c1cc(F)cc(F)c1. The van der Waals surface area contributed by atoms with Crippen LogP contribution in [0.1, 0.15) is 0 Å². The number of nitrogens with zero attached hydrogens (tertiary/aromatic N) is 2. The maximum Gasteiger partial charge on any atom is 0.263 e. The van der Waals surface area contributed by atoms with Gasteiger partial charge in [-0.1, -0.05) is 0 Å². The lowest BCUT2D eigenvalue weighted by Crippen LogP contribution is -2.15. The predicted octanol–water partition coefficient (Wildman–Crippen LogP) is 3.08. The van der Waals surface area contributed by atoms with Crippen molar-refractivity contribution in [2.45, 2.75) is 4.90 Å². The fraction of sp³-hybridized carbons (Fsp3) is 0. The highest BCUT2D eigenvalue weighted by Crippen LogP contribution is 2.23. The lowest BCUT2D eigenvalue weighted by Gasteiger charge is -2.08. The Balaban J connectivity index is 2.40. The van der Waals surface area contributed by atoms with Gasteiger partial charge in [-0.15, -0.1) is 0 Å². The number of aromatic nitrogens is 2. The Kier molecular flexibility index (Phi) is 4.35. The molecule has 0 aliphatic carbocycles. The lowest BCUT2D eigenvalue weighted by atomic mass is 10.3. The van der Waals surface area contributed by atoms with Gasteiger partial charge >= 0.3 is 0 Å². The van der Waals surface area contributed by atoms with E-state index in [4.69, 9.17) is 0 Å². The number of sulfonamides is 1. The van der Waals surface area contributed by atoms with E-state index in [0.717, 1.165) is 0 Å². The van der Waals surface area contributed by atoms with Gasteiger partial charge in [-0.05, 0) is 44.0 Å². The molecule has 0 aliphatic rings. The van der Waals surface area contributed by atoms with Crippen LogP contribution in [0.3, 0.4) is 0 Å². The Hall–Kier alpha value is -1.13. The molecule has 1 aromatic heterocycles. The first-order valence-electron chi connectivity index (χ1n) is 4.95. The zero-order valence-corrected chi connectivity index (χ0v) is 13.4. The Morgan fingerprint density at radius 1 is 1.10 bits per heavy atom. The molecule has 1 N–H and O–H groups in total. The number of benzene rings is 1. The summed E-state index contributed by atoms with van der Waals surface area (Å²) in [5.41, 5.74) is 0. The van der Waals surface area contributed by atoms with Crippen LogP contribution >= 0.6 is 31.9 Å². The van der Waals surface area contributed by atoms with Gasteiger partial charge in [0.2, 0.25) is 0 Å². The molecule has 0 saturated carbocycles. The summed E-state index contributed by atoms with van der Waals surface area (Å²) in [5.74, 6) is -2.09. The second-order valence-electron chi connectivity index (χ2n) is 3.54. The van der Waals surface area contributed by atoms with E-state index in [1.807, 2.05) is 0 Å². The third-order valence-corrected chi connectivity index (χ3v) is 4.33. The van der Waals surface area contributed by atoms with Crippen LogP contribution in [0.2, 0.25) is 0 Å². The molecular formula is C10H5Br2F2N3O2S. The molecule has 10 heteroatoms. The van der Waals surface area contributed by atoms with E-state index >= 15 is 0 Å². The van der Waals surface area contributed by atoms with Crippen LogP contribution in [-0.2, 0) is 10.0 Å². The Morgan fingerprint density at radius 3 is 2.25 bits per heavy atom. The van der Waals surface area contributed by atoms with E-state index in [1.165, 1.54) is 6.20 Å². The summed E-state index contributed by atoms with van der Waals surface area (Å²) in [4.78, 5) is 7.13. The topological polar surface area (TPSA) is 72.0 Å². The van der Waals surface area contributed by atoms with Gasteiger partial charge in [-0.3, -0.25) is 4.72 Å². The number of halogens is 4. The zero-order valence-electron chi connectivity index (χ0n) is 9.44. The minimum atomic E-state index is -4.17. The van der Waals surface area contributed by atoms with Crippen molar-refractivity contribution in [1.29, 1.82) is 0 Å². The molecule has 0 bridgehead atoms. The van der Waals surface area contributed by atoms with E-state index in [9.17, 15) is 17.2 Å². The van der Waals surface area contributed by atoms with E-state index in [-0.39, 0.29) is 10.4 Å². The molecule has 0 amide bonds. The number of anilines is 1. The summed E-state index contributed by atoms with van der Waals surface area (Å²) in [7, 11) is -4.17. The summed E-state index contributed by atoms with van der Waals surface area (Å²) in [5, 5.41) is 0. The smallest absolute Gasteiger partial charge is 0.261 e. The highest BCUT2D eigenvalue weighted by atomic mass is 79.9. The lowest BCUT2D eigenvalue weighted by molar-refractivity contribution is 0.568. The zero-order chi connectivity index (χ0) is 14.9. The van der Waals surface area contributed by atoms with Crippen molar-refractivity contribution in [1.82, 2.24) is 9.97 Å². The molecule has 20 heavy (non-hydrogen) atoms. The Bertz CT molecular complexity index is 751. The second kappa shape index (κ2) is 5.70. The Labute approximate surface area is 129 Å². The van der Waals surface area contributed by atoms with Gasteiger partial charge in [0.15, 0.2) is 10.4 Å². The maximum atomic E-state index is 13.1. The van der Waals surface area contributed by atoms with Gasteiger partial charge < -0.3 is 0 Å². The van der Waals surface area contributed by atoms with Crippen LogP contribution in [0.4, 0.5) is 14.6 Å². The largest absolute Gasteiger partial charge is 0.263 e. The van der Waals surface area contributed by atoms with Crippen LogP contribution in [0.5, 0.6) is 0 Å². The summed E-state index contributed by atoms with van der Waals surface area (Å²) in [6, 6.07) is 1.98. The third kappa shape index (κ3) is 3.49. The molecule has 0 fully saturated rings. The number of nitrogens with one attached hydrogen (secondary N) is 1. The van der Waals surface area contributed by atoms with Crippen LogP contribution < -0.4 is 4.72 Å². The van der Waals surface area contributed by atoms with Crippen LogP contribution in [0.25, 0.3) is 0 Å². The average Bonchev–Trinajstić information content (AvgIpc) is 2.31. The van der Waals surface area contributed by atoms with Crippen molar-refractivity contribution in [3.8, 4) is 0 Å². The van der Waals surface area contributed by atoms with Gasteiger partial charge in [0, 0.05) is 6.07 Å². The normalized spacial score (nSPS) is 11.4. The maximum absolute atomic E-state index is 13.1. The average molecular weight is 429 g/mol. The molecule has 0 radical (unpaired) electrons. The molecule has 2 aromatic rings. The molecule has 2 rings (SSSR count). The number of rotatable bonds is 3. The van der Waals surface area contributed by atoms with Crippen molar-refractivity contribution < 1.29 is 17.2 Å². The molecule has 1 aromatic carbocycles.